The Morgan fingerprint density at radius 2 is 2.15 bits per heavy atom. The van der Waals surface area contributed by atoms with Crippen LogP contribution in [0.2, 0.25) is 0 Å². The number of pyridine rings is 1. The van der Waals surface area contributed by atoms with E-state index in [-0.39, 0.29) is 17.1 Å². The summed E-state index contributed by atoms with van der Waals surface area (Å²) in [5, 5.41) is 3.40. The molecule has 0 aromatic carbocycles. The van der Waals surface area contributed by atoms with Gasteiger partial charge in [0.15, 0.2) is 5.78 Å². The molecule has 0 spiro atoms. The molecule has 142 valence electrons. The van der Waals surface area contributed by atoms with Crippen molar-refractivity contribution < 1.29 is 9.59 Å². The smallest absolute Gasteiger partial charge is 0.241 e. The van der Waals surface area contributed by atoms with Crippen molar-refractivity contribution in [2.75, 3.05) is 37.6 Å². The zero-order valence-electron chi connectivity index (χ0n) is 16.3. The fourth-order valence-electron chi connectivity index (χ4n) is 3.91. The predicted molar refractivity (Wildman–Crippen MR) is 103 cm³/mol. The molecule has 3 heterocycles. The van der Waals surface area contributed by atoms with Gasteiger partial charge in [0.1, 0.15) is 0 Å². The van der Waals surface area contributed by atoms with Gasteiger partial charge in [0.25, 0.3) is 0 Å². The summed E-state index contributed by atoms with van der Waals surface area (Å²) in [5.74, 6) is 0.184. The third kappa shape index (κ3) is 3.81. The molecule has 0 radical (unpaired) electrons. The summed E-state index contributed by atoms with van der Waals surface area (Å²) in [5.41, 5.74) is 2.13. The van der Waals surface area contributed by atoms with E-state index in [9.17, 15) is 9.59 Å². The summed E-state index contributed by atoms with van der Waals surface area (Å²) in [7, 11) is 0. The molecule has 1 saturated heterocycles. The molecular formula is C20H30N4O2. The fraction of sp³-hybridized carbons (Fsp3) is 0.650. The van der Waals surface area contributed by atoms with Gasteiger partial charge in [0, 0.05) is 55.8 Å². The van der Waals surface area contributed by atoms with Crippen molar-refractivity contribution in [3.63, 3.8) is 0 Å². The summed E-state index contributed by atoms with van der Waals surface area (Å²) >= 11 is 0. The third-order valence-electron chi connectivity index (χ3n) is 5.26. The van der Waals surface area contributed by atoms with Gasteiger partial charge in [-0.25, -0.2) is 0 Å². The largest absolute Gasteiger partial charge is 0.312 e. The molecule has 1 amide bonds. The van der Waals surface area contributed by atoms with E-state index in [2.05, 4.69) is 36.0 Å². The van der Waals surface area contributed by atoms with Gasteiger partial charge < -0.3 is 10.2 Å². The Labute approximate surface area is 156 Å². The molecule has 1 fully saturated rings. The lowest BCUT2D eigenvalue weighted by Gasteiger charge is -2.32. The zero-order chi connectivity index (χ0) is 18.9. The molecule has 1 unspecified atom stereocenters. The third-order valence-corrected chi connectivity index (χ3v) is 5.26. The number of rotatable bonds is 5. The van der Waals surface area contributed by atoms with Crippen molar-refractivity contribution in [3.8, 4) is 0 Å². The summed E-state index contributed by atoms with van der Waals surface area (Å²) in [6.07, 6.45) is 2.99. The van der Waals surface area contributed by atoms with Gasteiger partial charge in [-0.2, -0.15) is 0 Å². The van der Waals surface area contributed by atoms with Crippen LogP contribution in [0.4, 0.5) is 5.69 Å². The Morgan fingerprint density at radius 1 is 1.38 bits per heavy atom. The van der Waals surface area contributed by atoms with Crippen molar-refractivity contribution in [2.45, 2.75) is 52.0 Å². The number of hydrogen-bond donors (Lipinski definition) is 1. The normalized spacial score (nSPS) is 22.3. The van der Waals surface area contributed by atoms with Crippen LogP contribution in [0.15, 0.2) is 12.3 Å². The minimum atomic E-state index is -0.200. The van der Waals surface area contributed by atoms with Gasteiger partial charge in [-0.15, -0.1) is 0 Å². The van der Waals surface area contributed by atoms with Gasteiger partial charge in [-0.05, 0) is 19.4 Å². The molecule has 1 aromatic heterocycles. The maximum absolute atomic E-state index is 13.0. The Bertz CT molecular complexity index is 701. The minimum absolute atomic E-state index is 0.0906. The number of nitrogens with one attached hydrogen (secondary N) is 1. The van der Waals surface area contributed by atoms with Crippen molar-refractivity contribution in [2.24, 2.45) is 0 Å². The summed E-state index contributed by atoms with van der Waals surface area (Å²) < 4.78 is 0. The molecule has 0 bridgehead atoms. The van der Waals surface area contributed by atoms with Crippen molar-refractivity contribution >= 4 is 17.4 Å². The molecule has 26 heavy (non-hydrogen) atoms. The molecule has 6 heteroatoms. The van der Waals surface area contributed by atoms with Crippen molar-refractivity contribution in [3.05, 3.63) is 23.5 Å². The van der Waals surface area contributed by atoms with Crippen LogP contribution in [0.1, 0.15) is 56.6 Å². The second kappa shape index (κ2) is 7.45. The first-order valence-corrected chi connectivity index (χ1v) is 9.61. The van der Waals surface area contributed by atoms with E-state index in [4.69, 9.17) is 0 Å². The van der Waals surface area contributed by atoms with E-state index >= 15 is 0 Å². The number of fused-ring (bicyclic) bond motifs is 1. The van der Waals surface area contributed by atoms with Crippen LogP contribution in [0.5, 0.6) is 0 Å². The highest BCUT2D eigenvalue weighted by molar-refractivity contribution is 6.01. The number of carbonyl (C=O) groups is 2. The van der Waals surface area contributed by atoms with Crippen LogP contribution in [-0.4, -0.2) is 60.3 Å². The van der Waals surface area contributed by atoms with Gasteiger partial charge in [-0.3, -0.25) is 19.5 Å². The first-order valence-electron chi connectivity index (χ1n) is 9.61. The van der Waals surface area contributed by atoms with E-state index < -0.39 is 0 Å². The first kappa shape index (κ1) is 19.0. The van der Waals surface area contributed by atoms with E-state index in [1.807, 2.05) is 17.9 Å². The van der Waals surface area contributed by atoms with Crippen LogP contribution in [0, 0.1) is 0 Å². The summed E-state index contributed by atoms with van der Waals surface area (Å²) in [4.78, 5) is 33.9. The van der Waals surface area contributed by atoms with E-state index in [1.54, 1.807) is 6.20 Å². The summed E-state index contributed by atoms with van der Waals surface area (Å²) in [6.45, 7) is 12.0. The SMILES string of the molecule is CCCC(=O)c1cnc2c(c1)N(C(=O)CN1CCNC(C)C1)CC2(C)C. The van der Waals surface area contributed by atoms with Gasteiger partial charge in [0.2, 0.25) is 5.91 Å². The number of Topliss-reactive ketones (excluding diaryl/α,β-unsaturated/α-hetero) is 1. The van der Waals surface area contributed by atoms with Gasteiger partial charge >= 0.3 is 0 Å². The number of ketones is 1. The van der Waals surface area contributed by atoms with E-state index in [0.717, 1.165) is 37.4 Å². The van der Waals surface area contributed by atoms with Crippen LogP contribution >= 0.6 is 0 Å². The lowest BCUT2D eigenvalue weighted by molar-refractivity contribution is -0.120. The number of hydrogen-bond acceptors (Lipinski definition) is 5. The standard InChI is InChI=1S/C20H30N4O2/c1-5-6-17(25)15-9-16-19(22-10-15)20(3,4)13-24(16)18(26)12-23-8-7-21-14(2)11-23/h9-10,14,21H,5-8,11-13H2,1-4H3. The second-order valence-electron chi connectivity index (χ2n) is 8.22. The highest BCUT2D eigenvalue weighted by atomic mass is 16.2. The van der Waals surface area contributed by atoms with Gasteiger partial charge in [-0.1, -0.05) is 20.8 Å². The lowest BCUT2D eigenvalue weighted by atomic mass is 9.91. The lowest BCUT2D eigenvalue weighted by Crippen LogP contribution is -2.52. The number of anilines is 1. The molecule has 1 aromatic rings. The highest BCUT2D eigenvalue weighted by Gasteiger charge is 2.40. The molecular weight excluding hydrogens is 328 g/mol. The predicted octanol–water partition coefficient (Wildman–Crippen LogP) is 1.98. The molecule has 6 nitrogen and oxygen atoms in total. The molecule has 0 aliphatic carbocycles. The Balaban J connectivity index is 1.82. The monoisotopic (exact) mass is 358 g/mol. The second-order valence-corrected chi connectivity index (χ2v) is 8.22. The van der Waals surface area contributed by atoms with Crippen LogP contribution in [-0.2, 0) is 10.2 Å². The summed E-state index contributed by atoms with van der Waals surface area (Å²) in [6, 6.07) is 2.27. The van der Waals surface area contributed by atoms with Crippen molar-refractivity contribution in [1.82, 2.24) is 15.2 Å². The molecule has 0 saturated carbocycles. The number of nitrogens with zero attached hydrogens (tertiary/aromatic N) is 3. The molecule has 2 aliphatic heterocycles. The number of aromatic nitrogens is 1. The maximum atomic E-state index is 13.0. The Morgan fingerprint density at radius 3 is 2.85 bits per heavy atom. The Kier molecular flexibility index (Phi) is 5.44. The number of piperazine rings is 1. The first-order chi connectivity index (χ1) is 12.3. The zero-order valence-corrected chi connectivity index (χ0v) is 16.3. The van der Waals surface area contributed by atoms with E-state index in [1.165, 1.54) is 0 Å². The van der Waals surface area contributed by atoms with Crippen LogP contribution in [0.3, 0.4) is 0 Å². The quantitative estimate of drug-likeness (QED) is 0.816. The van der Waals surface area contributed by atoms with Crippen molar-refractivity contribution in [1.29, 1.82) is 0 Å². The van der Waals surface area contributed by atoms with Crippen LogP contribution in [0.25, 0.3) is 0 Å². The van der Waals surface area contributed by atoms with Crippen LogP contribution < -0.4 is 10.2 Å². The average molecular weight is 358 g/mol. The van der Waals surface area contributed by atoms with E-state index in [0.29, 0.717) is 31.1 Å². The fourth-order valence-corrected chi connectivity index (χ4v) is 3.91. The average Bonchev–Trinajstić information content (AvgIpc) is 2.86. The minimum Gasteiger partial charge on any atom is -0.312 e. The number of amides is 1. The van der Waals surface area contributed by atoms with Gasteiger partial charge in [0.05, 0.1) is 17.9 Å². The molecule has 2 aliphatic rings. The number of carbonyl (C=O) groups excluding carboxylic acids is 2. The molecule has 3 rings (SSSR count). The topological polar surface area (TPSA) is 65.5 Å². The Hall–Kier alpha value is -1.79. The highest BCUT2D eigenvalue weighted by Crippen LogP contribution is 2.39. The molecule has 1 N–H and O–H groups in total. The molecule has 1 atom stereocenters. The maximum Gasteiger partial charge on any atom is 0.241 e.